The summed E-state index contributed by atoms with van der Waals surface area (Å²) >= 11 is 5.90. The lowest BCUT2D eigenvalue weighted by Gasteiger charge is -2.41. The molecule has 0 spiro atoms. The molecule has 21 heavy (non-hydrogen) atoms. The fourth-order valence-corrected chi connectivity index (χ4v) is 2.77. The fourth-order valence-electron chi connectivity index (χ4n) is 2.65. The molecule has 5 heteroatoms. The van der Waals surface area contributed by atoms with Gasteiger partial charge in [-0.3, -0.25) is 9.59 Å². The summed E-state index contributed by atoms with van der Waals surface area (Å²) in [6.07, 6.45) is 0.587. The number of hydrogen-bond acceptors (Lipinski definition) is 4. The quantitative estimate of drug-likeness (QED) is 0.634. The average Bonchev–Trinajstić information content (AvgIpc) is 2.36. The standard InChI is InChI=1S/C16H19ClO4/c1-5-16(4,10-6-8-11(17)9-7-10)12-13(18)20-15(2,3)21-14(12)19/h6-9,12H,5H2,1-4H3/t16-/m1/s1. The highest BCUT2D eigenvalue weighted by atomic mass is 35.5. The van der Waals surface area contributed by atoms with Gasteiger partial charge < -0.3 is 9.47 Å². The Labute approximate surface area is 129 Å². The third kappa shape index (κ3) is 2.91. The van der Waals surface area contributed by atoms with Crippen LogP contribution >= 0.6 is 11.6 Å². The van der Waals surface area contributed by atoms with Gasteiger partial charge in [0.15, 0.2) is 5.92 Å². The first kappa shape index (κ1) is 15.8. The van der Waals surface area contributed by atoms with Crippen molar-refractivity contribution in [2.24, 2.45) is 5.92 Å². The maximum absolute atomic E-state index is 12.3. The Morgan fingerprint density at radius 3 is 2.05 bits per heavy atom. The van der Waals surface area contributed by atoms with Crippen molar-refractivity contribution in [3.63, 3.8) is 0 Å². The van der Waals surface area contributed by atoms with Crippen LogP contribution in [0.15, 0.2) is 24.3 Å². The van der Waals surface area contributed by atoms with Crippen LogP contribution in [0.1, 0.15) is 39.7 Å². The monoisotopic (exact) mass is 310 g/mol. The van der Waals surface area contributed by atoms with E-state index in [1.807, 2.05) is 26.0 Å². The number of carbonyl (C=O) groups is 2. The van der Waals surface area contributed by atoms with Crippen LogP contribution in [-0.2, 0) is 24.5 Å². The highest BCUT2D eigenvalue weighted by Gasteiger charge is 2.52. The van der Waals surface area contributed by atoms with Crippen LogP contribution in [0.4, 0.5) is 0 Å². The Balaban J connectivity index is 2.42. The van der Waals surface area contributed by atoms with E-state index in [1.165, 1.54) is 0 Å². The number of rotatable bonds is 3. The number of benzene rings is 1. The van der Waals surface area contributed by atoms with E-state index in [-0.39, 0.29) is 0 Å². The van der Waals surface area contributed by atoms with Gasteiger partial charge in [0.1, 0.15) is 0 Å². The van der Waals surface area contributed by atoms with E-state index in [9.17, 15) is 9.59 Å². The predicted octanol–water partition coefficient (Wildman–Crippen LogP) is 3.46. The van der Waals surface area contributed by atoms with Crippen molar-refractivity contribution in [2.45, 2.75) is 45.3 Å². The number of carbonyl (C=O) groups excluding carboxylic acids is 2. The Morgan fingerprint density at radius 2 is 1.62 bits per heavy atom. The predicted molar refractivity (Wildman–Crippen MR) is 78.8 cm³/mol. The third-order valence-electron chi connectivity index (χ3n) is 4.04. The van der Waals surface area contributed by atoms with E-state index in [0.717, 1.165) is 5.56 Å². The Bertz CT molecular complexity index is 544. The van der Waals surface area contributed by atoms with E-state index >= 15 is 0 Å². The van der Waals surface area contributed by atoms with Gasteiger partial charge in [0, 0.05) is 24.3 Å². The Hall–Kier alpha value is -1.55. The molecule has 0 saturated carbocycles. The van der Waals surface area contributed by atoms with Crippen LogP contribution < -0.4 is 0 Å². The highest BCUT2D eigenvalue weighted by Crippen LogP contribution is 2.40. The van der Waals surface area contributed by atoms with Crippen molar-refractivity contribution in [1.82, 2.24) is 0 Å². The minimum atomic E-state index is -1.21. The van der Waals surface area contributed by atoms with Gasteiger partial charge in [-0.25, -0.2) is 0 Å². The molecular formula is C16H19ClO4. The van der Waals surface area contributed by atoms with Crippen molar-refractivity contribution < 1.29 is 19.1 Å². The molecule has 1 fully saturated rings. The minimum absolute atomic E-state index is 0.546. The molecule has 1 aliphatic rings. The van der Waals surface area contributed by atoms with Crippen LogP contribution in [0, 0.1) is 5.92 Å². The number of hydrogen-bond donors (Lipinski definition) is 0. The summed E-state index contributed by atoms with van der Waals surface area (Å²) in [6.45, 7) is 6.88. The van der Waals surface area contributed by atoms with Gasteiger partial charge >= 0.3 is 11.9 Å². The average molecular weight is 311 g/mol. The summed E-state index contributed by atoms with van der Waals surface area (Å²) in [5, 5.41) is 0.604. The maximum atomic E-state index is 12.3. The van der Waals surface area contributed by atoms with Crippen molar-refractivity contribution in [3.05, 3.63) is 34.9 Å². The molecule has 1 aromatic carbocycles. The van der Waals surface area contributed by atoms with Crippen molar-refractivity contribution in [3.8, 4) is 0 Å². The van der Waals surface area contributed by atoms with E-state index < -0.39 is 29.1 Å². The molecule has 1 aromatic rings. The van der Waals surface area contributed by atoms with Gasteiger partial charge in [-0.1, -0.05) is 37.6 Å². The third-order valence-corrected chi connectivity index (χ3v) is 4.29. The largest absolute Gasteiger partial charge is 0.422 e. The Kier molecular flexibility index (Phi) is 4.02. The molecule has 0 unspecified atom stereocenters. The summed E-state index contributed by atoms with van der Waals surface area (Å²) in [5.41, 5.74) is 0.155. The second kappa shape index (κ2) is 5.34. The van der Waals surface area contributed by atoms with E-state index in [1.54, 1.807) is 26.0 Å². The number of cyclic esters (lactones) is 2. The van der Waals surface area contributed by atoms with Crippen LogP contribution in [0.3, 0.4) is 0 Å². The van der Waals surface area contributed by atoms with Gasteiger partial charge in [0.05, 0.1) is 0 Å². The van der Waals surface area contributed by atoms with Crippen LogP contribution in [-0.4, -0.2) is 17.7 Å². The minimum Gasteiger partial charge on any atom is -0.422 e. The summed E-state index contributed by atoms with van der Waals surface area (Å²) in [4.78, 5) is 24.6. The molecule has 1 atom stereocenters. The van der Waals surface area contributed by atoms with Crippen molar-refractivity contribution in [2.75, 3.05) is 0 Å². The second-order valence-electron chi connectivity index (χ2n) is 5.95. The summed E-state index contributed by atoms with van der Waals surface area (Å²) < 4.78 is 10.5. The molecule has 0 aliphatic carbocycles. The van der Waals surface area contributed by atoms with Crippen LogP contribution in [0.5, 0.6) is 0 Å². The van der Waals surface area contributed by atoms with Gasteiger partial charge in [0.2, 0.25) is 0 Å². The molecule has 0 aromatic heterocycles. The molecule has 1 saturated heterocycles. The smallest absolute Gasteiger partial charge is 0.324 e. The molecule has 114 valence electrons. The zero-order chi connectivity index (χ0) is 15.8. The lowest BCUT2D eigenvalue weighted by molar-refractivity contribution is -0.243. The zero-order valence-corrected chi connectivity index (χ0v) is 13.4. The molecule has 0 bridgehead atoms. The molecular weight excluding hydrogens is 292 g/mol. The molecule has 1 aliphatic heterocycles. The molecule has 1 heterocycles. The first-order valence-electron chi connectivity index (χ1n) is 6.91. The molecule has 0 radical (unpaired) electrons. The van der Waals surface area contributed by atoms with E-state index in [0.29, 0.717) is 11.4 Å². The van der Waals surface area contributed by atoms with Gasteiger partial charge in [-0.2, -0.15) is 0 Å². The van der Waals surface area contributed by atoms with Gasteiger partial charge in [-0.15, -0.1) is 0 Å². The topological polar surface area (TPSA) is 52.6 Å². The molecule has 4 nitrogen and oxygen atoms in total. The highest BCUT2D eigenvalue weighted by molar-refractivity contribution is 6.30. The lowest BCUT2D eigenvalue weighted by atomic mass is 9.69. The van der Waals surface area contributed by atoms with Gasteiger partial charge in [-0.05, 0) is 24.1 Å². The molecule has 0 amide bonds. The van der Waals surface area contributed by atoms with Crippen molar-refractivity contribution >= 4 is 23.5 Å². The second-order valence-corrected chi connectivity index (χ2v) is 6.39. The Morgan fingerprint density at radius 1 is 1.14 bits per heavy atom. The number of ether oxygens (including phenoxy) is 2. The fraction of sp³-hybridized carbons (Fsp3) is 0.500. The van der Waals surface area contributed by atoms with Crippen LogP contribution in [0.25, 0.3) is 0 Å². The van der Waals surface area contributed by atoms with E-state index in [4.69, 9.17) is 21.1 Å². The normalized spacial score (nSPS) is 21.4. The van der Waals surface area contributed by atoms with Gasteiger partial charge in [0.25, 0.3) is 5.79 Å². The first-order chi connectivity index (χ1) is 9.69. The number of esters is 2. The molecule has 0 N–H and O–H groups in total. The van der Waals surface area contributed by atoms with E-state index in [2.05, 4.69) is 0 Å². The zero-order valence-electron chi connectivity index (χ0n) is 12.6. The number of halogens is 1. The maximum Gasteiger partial charge on any atom is 0.324 e. The van der Waals surface area contributed by atoms with Crippen molar-refractivity contribution in [1.29, 1.82) is 0 Å². The lowest BCUT2D eigenvalue weighted by Crippen LogP contribution is -2.53. The van der Waals surface area contributed by atoms with Crippen LogP contribution in [0.2, 0.25) is 5.02 Å². The summed E-state index contributed by atoms with van der Waals surface area (Å²) in [7, 11) is 0. The summed E-state index contributed by atoms with van der Waals surface area (Å²) in [5.74, 6) is -3.28. The summed E-state index contributed by atoms with van der Waals surface area (Å²) in [6, 6.07) is 7.14. The molecule has 2 rings (SSSR count). The SMILES string of the molecule is CC[C@](C)(c1ccc(Cl)cc1)C1C(=O)OC(C)(C)OC1=O. The first-order valence-corrected chi connectivity index (χ1v) is 7.29.